The molecule has 2 atom stereocenters. The summed E-state index contributed by atoms with van der Waals surface area (Å²) in [6.07, 6.45) is 40.6. The van der Waals surface area contributed by atoms with Crippen molar-refractivity contribution in [3.63, 3.8) is 0 Å². The van der Waals surface area contributed by atoms with Gasteiger partial charge in [0.15, 0.2) is 6.10 Å². The number of phosphoric acid groups is 1. The van der Waals surface area contributed by atoms with Gasteiger partial charge in [0.2, 0.25) is 0 Å². The molecule has 0 aliphatic carbocycles. The van der Waals surface area contributed by atoms with Crippen molar-refractivity contribution in [3.05, 3.63) is 24.3 Å². The second-order valence-corrected chi connectivity index (χ2v) is 15.7. The predicted octanol–water partition coefficient (Wildman–Crippen LogP) is 12.0. The molecule has 0 rings (SSSR count). The molecule has 0 heterocycles. The maximum Gasteiger partial charge on any atom is 0.472 e. The van der Waals surface area contributed by atoms with Gasteiger partial charge in [0.25, 0.3) is 0 Å². The van der Waals surface area contributed by atoms with E-state index in [1.54, 1.807) is 0 Å². The maximum atomic E-state index is 12.6. The van der Waals surface area contributed by atoms with Crippen LogP contribution in [0.25, 0.3) is 0 Å². The van der Waals surface area contributed by atoms with Crippen LogP contribution in [0.15, 0.2) is 24.3 Å². The molecule has 0 saturated carbocycles. The Morgan fingerprint density at radius 2 is 0.942 bits per heavy atom. The van der Waals surface area contributed by atoms with Gasteiger partial charge in [0.1, 0.15) is 6.61 Å². The third-order valence-corrected chi connectivity index (χ3v) is 10.0. The van der Waals surface area contributed by atoms with Gasteiger partial charge in [-0.15, -0.1) is 0 Å². The lowest BCUT2D eigenvalue weighted by atomic mass is 10.1. The highest BCUT2D eigenvalue weighted by molar-refractivity contribution is 7.47. The fourth-order valence-corrected chi connectivity index (χ4v) is 6.62. The van der Waals surface area contributed by atoms with Gasteiger partial charge < -0.3 is 20.1 Å². The molecule has 0 aromatic carbocycles. The fourth-order valence-electron chi connectivity index (χ4n) is 5.86. The molecule has 0 saturated heterocycles. The van der Waals surface area contributed by atoms with Gasteiger partial charge in [-0.3, -0.25) is 18.6 Å². The van der Waals surface area contributed by atoms with Gasteiger partial charge >= 0.3 is 19.8 Å². The Morgan fingerprint density at radius 1 is 0.558 bits per heavy atom. The number of hydrogen-bond acceptors (Lipinski definition) is 8. The van der Waals surface area contributed by atoms with E-state index in [-0.39, 0.29) is 32.6 Å². The number of nitrogens with two attached hydrogens (primary N) is 1. The van der Waals surface area contributed by atoms with E-state index >= 15 is 0 Å². The summed E-state index contributed by atoms with van der Waals surface area (Å²) in [6.45, 7) is 3.71. The standard InChI is InChI=1S/C42H80NO8P/c1-3-5-7-9-11-13-15-17-19-20-21-23-25-27-29-31-33-35-42(45)51-40(39-50-52(46,47)49-37-36-43)38-48-41(44)34-32-30-28-26-24-22-18-16-14-12-10-8-6-4-2/h16-19,40H,3-15,20-39,43H2,1-2H3,(H,46,47)/b18-16-,19-17-. The normalized spacial score (nSPS) is 13.5. The number of carbonyl (C=O) groups excluding carboxylic acids is 2. The molecule has 0 aliphatic rings. The van der Waals surface area contributed by atoms with Crippen LogP contribution in [0, 0.1) is 0 Å². The Kier molecular flexibility index (Phi) is 38.1. The van der Waals surface area contributed by atoms with Gasteiger partial charge in [-0.2, -0.15) is 0 Å². The topological polar surface area (TPSA) is 134 Å². The van der Waals surface area contributed by atoms with Crippen LogP contribution in [0.2, 0.25) is 0 Å². The Bertz CT molecular complexity index is 912. The highest BCUT2D eigenvalue weighted by atomic mass is 31.2. The molecule has 306 valence electrons. The third kappa shape index (κ3) is 38.2. The van der Waals surface area contributed by atoms with Crippen LogP contribution < -0.4 is 5.73 Å². The summed E-state index contributed by atoms with van der Waals surface area (Å²) in [5.41, 5.74) is 5.34. The van der Waals surface area contributed by atoms with Gasteiger partial charge in [-0.05, 0) is 64.2 Å². The van der Waals surface area contributed by atoms with Crippen molar-refractivity contribution < 1.29 is 37.6 Å². The Labute approximate surface area is 319 Å². The molecular weight excluding hydrogens is 677 g/mol. The highest BCUT2D eigenvalue weighted by Gasteiger charge is 2.26. The summed E-state index contributed by atoms with van der Waals surface area (Å²) < 4.78 is 32.7. The van der Waals surface area contributed by atoms with E-state index in [2.05, 4.69) is 38.2 Å². The smallest absolute Gasteiger partial charge is 0.462 e. The number of allylic oxidation sites excluding steroid dienone is 4. The summed E-state index contributed by atoms with van der Waals surface area (Å²) >= 11 is 0. The first kappa shape index (κ1) is 50.5. The predicted molar refractivity (Wildman–Crippen MR) is 215 cm³/mol. The van der Waals surface area contributed by atoms with Crippen molar-refractivity contribution in [2.24, 2.45) is 5.73 Å². The molecule has 0 aromatic heterocycles. The fraction of sp³-hybridized carbons (Fsp3) is 0.857. The molecule has 10 heteroatoms. The molecule has 0 aliphatic heterocycles. The van der Waals surface area contributed by atoms with Gasteiger partial charge in [0.05, 0.1) is 13.2 Å². The number of ether oxygens (including phenoxy) is 2. The minimum Gasteiger partial charge on any atom is -0.462 e. The van der Waals surface area contributed by atoms with E-state index in [0.717, 1.165) is 64.2 Å². The van der Waals surface area contributed by atoms with Crippen molar-refractivity contribution in [1.29, 1.82) is 0 Å². The van der Waals surface area contributed by atoms with Crippen molar-refractivity contribution in [2.45, 2.75) is 206 Å². The molecule has 0 aromatic rings. The third-order valence-electron chi connectivity index (χ3n) is 9.06. The summed E-state index contributed by atoms with van der Waals surface area (Å²) in [5.74, 6) is -0.839. The Morgan fingerprint density at radius 3 is 1.37 bits per heavy atom. The molecule has 9 nitrogen and oxygen atoms in total. The minimum absolute atomic E-state index is 0.0525. The van der Waals surface area contributed by atoms with Crippen LogP contribution in [0.1, 0.15) is 200 Å². The van der Waals surface area contributed by atoms with Crippen LogP contribution in [0.4, 0.5) is 0 Å². The lowest BCUT2D eigenvalue weighted by Gasteiger charge is -2.19. The van der Waals surface area contributed by atoms with Crippen LogP contribution in [0.5, 0.6) is 0 Å². The molecule has 3 N–H and O–H groups in total. The first-order chi connectivity index (χ1) is 25.3. The molecule has 0 spiro atoms. The van der Waals surface area contributed by atoms with Crippen LogP contribution in [0.3, 0.4) is 0 Å². The molecular formula is C42H80NO8P. The lowest BCUT2D eigenvalue weighted by molar-refractivity contribution is -0.161. The first-order valence-corrected chi connectivity index (χ1v) is 22.8. The quantitative estimate of drug-likeness (QED) is 0.0271. The second-order valence-electron chi connectivity index (χ2n) is 14.2. The molecule has 0 fully saturated rings. The number of esters is 2. The number of carbonyl (C=O) groups is 2. The monoisotopic (exact) mass is 758 g/mol. The summed E-state index contributed by atoms with van der Waals surface area (Å²) in [7, 11) is -4.37. The van der Waals surface area contributed by atoms with E-state index in [0.29, 0.717) is 6.42 Å². The Balaban J connectivity index is 4.17. The summed E-state index contributed by atoms with van der Waals surface area (Å²) in [6, 6.07) is 0. The number of phosphoric ester groups is 1. The minimum atomic E-state index is -4.37. The van der Waals surface area contributed by atoms with Crippen LogP contribution >= 0.6 is 7.82 Å². The Hall–Kier alpha value is -1.51. The summed E-state index contributed by atoms with van der Waals surface area (Å²) in [4.78, 5) is 34.8. The molecule has 2 unspecified atom stereocenters. The van der Waals surface area contributed by atoms with E-state index in [9.17, 15) is 19.0 Å². The van der Waals surface area contributed by atoms with Crippen molar-refractivity contribution >= 4 is 19.8 Å². The van der Waals surface area contributed by atoms with Gasteiger partial charge in [-0.1, -0.05) is 147 Å². The number of rotatable bonds is 40. The average Bonchev–Trinajstić information content (AvgIpc) is 3.13. The SMILES string of the molecule is CCCCCCC/C=C\CCCCCCCC(=O)OCC(COP(=O)(O)OCCN)OC(=O)CCCCCCCCC/C=C\CCCCCCCC. The zero-order chi connectivity index (χ0) is 38.2. The highest BCUT2D eigenvalue weighted by Crippen LogP contribution is 2.43. The van der Waals surface area contributed by atoms with Crippen LogP contribution in [-0.4, -0.2) is 49.3 Å². The van der Waals surface area contributed by atoms with E-state index < -0.39 is 32.5 Å². The molecule has 0 bridgehead atoms. The van der Waals surface area contributed by atoms with Crippen molar-refractivity contribution in [2.75, 3.05) is 26.4 Å². The summed E-state index contributed by atoms with van der Waals surface area (Å²) in [5, 5.41) is 0. The lowest BCUT2D eigenvalue weighted by Crippen LogP contribution is -2.29. The number of hydrogen-bond donors (Lipinski definition) is 2. The number of unbranched alkanes of at least 4 members (excludes halogenated alkanes) is 23. The molecule has 0 amide bonds. The largest absolute Gasteiger partial charge is 0.472 e. The van der Waals surface area contributed by atoms with E-state index in [1.165, 1.54) is 103 Å². The average molecular weight is 758 g/mol. The maximum absolute atomic E-state index is 12.6. The zero-order valence-electron chi connectivity index (χ0n) is 33.6. The first-order valence-electron chi connectivity index (χ1n) is 21.3. The van der Waals surface area contributed by atoms with E-state index in [1.807, 2.05) is 0 Å². The van der Waals surface area contributed by atoms with Gasteiger partial charge in [-0.25, -0.2) is 4.57 Å². The van der Waals surface area contributed by atoms with Gasteiger partial charge in [0, 0.05) is 19.4 Å². The van der Waals surface area contributed by atoms with Crippen LogP contribution in [-0.2, 0) is 32.7 Å². The van der Waals surface area contributed by atoms with Crippen molar-refractivity contribution in [3.8, 4) is 0 Å². The van der Waals surface area contributed by atoms with Crippen molar-refractivity contribution in [1.82, 2.24) is 0 Å². The van der Waals surface area contributed by atoms with E-state index in [4.69, 9.17) is 24.3 Å². The molecule has 0 radical (unpaired) electrons. The second kappa shape index (κ2) is 39.2. The zero-order valence-corrected chi connectivity index (χ0v) is 34.4. The molecule has 52 heavy (non-hydrogen) atoms.